The zero-order chi connectivity index (χ0) is 12.7. The Morgan fingerprint density at radius 1 is 1.41 bits per heavy atom. The van der Waals surface area contributed by atoms with Crippen LogP contribution in [0.15, 0.2) is 30.3 Å². The van der Waals surface area contributed by atoms with Crippen LogP contribution in [-0.2, 0) is 4.79 Å². The zero-order valence-corrected chi connectivity index (χ0v) is 10.3. The monoisotopic (exact) mass is 237 g/mol. The van der Waals surface area contributed by atoms with E-state index in [0.717, 1.165) is 0 Å². The third-order valence-electron chi connectivity index (χ3n) is 2.68. The van der Waals surface area contributed by atoms with E-state index in [2.05, 4.69) is 5.32 Å². The van der Waals surface area contributed by atoms with Crippen LogP contribution in [0.4, 0.5) is 0 Å². The minimum Gasteiger partial charge on any atom is -0.484 e. The van der Waals surface area contributed by atoms with Crippen molar-refractivity contribution in [2.24, 2.45) is 0 Å². The van der Waals surface area contributed by atoms with E-state index in [1.165, 1.54) is 0 Å². The quantitative estimate of drug-likeness (QED) is 0.785. The van der Waals surface area contributed by atoms with Gasteiger partial charge in [0.15, 0.2) is 6.61 Å². The number of carbonyl (C=O) groups is 1. The molecule has 1 aromatic carbocycles. The van der Waals surface area contributed by atoms with Gasteiger partial charge in [0, 0.05) is 0 Å². The molecule has 0 bridgehead atoms. The second-order valence-corrected chi connectivity index (χ2v) is 4.22. The molecule has 4 heteroatoms. The smallest absolute Gasteiger partial charge is 0.258 e. The minimum atomic E-state index is -0.572. The predicted octanol–water partition coefficient (Wildman–Crippen LogP) is 1.34. The van der Waals surface area contributed by atoms with E-state index >= 15 is 0 Å². The maximum Gasteiger partial charge on any atom is 0.258 e. The van der Waals surface area contributed by atoms with Crippen LogP contribution in [-0.4, -0.2) is 29.8 Å². The summed E-state index contributed by atoms with van der Waals surface area (Å²) in [4.78, 5) is 11.6. The van der Waals surface area contributed by atoms with E-state index in [1.807, 2.05) is 25.1 Å². The summed E-state index contributed by atoms with van der Waals surface area (Å²) in [5.74, 6) is 0.428. The molecule has 0 aliphatic rings. The summed E-state index contributed by atoms with van der Waals surface area (Å²) in [7, 11) is 0. The van der Waals surface area contributed by atoms with Crippen molar-refractivity contribution in [3.8, 4) is 5.75 Å². The molecule has 0 saturated carbocycles. The number of benzene rings is 1. The van der Waals surface area contributed by atoms with Crippen LogP contribution < -0.4 is 10.1 Å². The van der Waals surface area contributed by atoms with Gasteiger partial charge in [-0.3, -0.25) is 4.79 Å². The fourth-order valence-electron chi connectivity index (χ4n) is 1.28. The van der Waals surface area contributed by atoms with Gasteiger partial charge in [-0.2, -0.15) is 0 Å². The molecule has 0 aliphatic heterocycles. The highest BCUT2D eigenvalue weighted by molar-refractivity contribution is 5.78. The number of nitrogens with one attached hydrogen (secondary N) is 1. The summed E-state index contributed by atoms with van der Waals surface area (Å²) in [6.45, 7) is 3.59. The molecule has 1 amide bonds. The van der Waals surface area contributed by atoms with E-state index in [1.54, 1.807) is 19.1 Å². The molecular weight excluding hydrogens is 218 g/mol. The molecule has 0 aromatic heterocycles. The molecule has 17 heavy (non-hydrogen) atoms. The molecule has 1 unspecified atom stereocenters. The number of ether oxygens (including phenoxy) is 1. The molecule has 4 nitrogen and oxygen atoms in total. The molecule has 1 aromatic rings. The van der Waals surface area contributed by atoms with Gasteiger partial charge < -0.3 is 15.2 Å². The Morgan fingerprint density at radius 3 is 2.59 bits per heavy atom. The molecule has 2 N–H and O–H groups in total. The average Bonchev–Trinajstić information content (AvgIpc) is 2.37. The second-order valence-electron chi connectivity index (χ2n) is 4.22. The highest BCUT2D eigenvalue weighted by Gasteiger charge is 2.23. The Kier molecular flexibility index (Phi) is 4.97. The fraction of sp³-hybridized carbons (Fsp3) is 0.462. The first-order chi connectivity index (χ1) is 8.09. The van der Waals surface area contributed by atoms with Gasteiger partial charge in [0.2, 0.25) is 0 Å². The Hall–Kier alpha value is -1.55. The molecule has 0 spiro atoms. The third-order valence-corrected chi connectivity index (χ3v) is 2.68. The molecule has 1 rings (SSSR count). The lowest BCUT2D eigenvalue weighted by molar-refractivity contribution is -0.125. The van der Waals surface area contributed by atoms with E-state index in [-0.39, 0.29) is 19.1 Å². The highest BCUT2D eigenvalue weighted by Crippen LogP contribution is 2.09. The molecule has 1 atom stereocenters. The van der Waals surface area contributed by atoms with Crippen LogP contribution >= 0.6 is 0 Å². The summed E-state index contributed by atoms with van der Waals surface area (Å²) in [5.41, 5.74) is -0.572. The van der Waals surface area contributed by atoms with Gasteiger partial charge in [-0.25, -0.2) is 0 Å². The molecule has 0 fully saturated rings. The minimum absolute atomic E-state index is 0.0421. The first-order valence-corrected chi connectivity index (χ1v) is 5.69. The van der Waals surface area contributed by atoms with Crippen molar-refractivity contribution in [1.29, 1.82) is 0 Å². The fourth-order valence-corrected chi connectivity index (χ4v) is 1.28. The zero-order valence-electron chi connectivity index (χ0n) is 10.3. The van der Waals surface area contributed by atoms with Crippen molar-refractivity contribution in [3.05, 3.63) is 30.3 Å². The number of hydrogen-bond acceptors (Lipinski definition) is 3. The van der Waals surface area contributed by atoms with Gasteiger partial charge >= 0.3 is 0 Å². The number of rotatable bonds is 6. The van der Waals surface area contributed by atoms with Crippen molar-refractivity contribution < 1.29 is 14.6 Å². The van der Waals surface area contributed by atoms with Crippen LogP contribution in [0.25, 0.3) is 0 Å². The normalized spacial score (nSPS) is 13.8. The van der Waals surface area contributed by atoms with Crippen LogP contribution in [0, 0.1) is 0 Å². The van der Waals surface area contributed by atoms with Crippen LogP contribution in [0.5, 0.6) is 5.75 Å². The largest absolute Gasteiger partial charge is 0.484 e. The van der Waals surface area contributed by atoms with E-state index in [9.17, 15) is 4.79 Å². The van der Waals surface area contributed by atoms with Crippen LogP contribution in [0.1, 0.15) is 20.3 Å². The summed E-state index contributed by atoms with van der Waals surface area (Å²) >= 11 is 0. The number of para-hydroxylation sites is 1. The van der Waals surface area contributed by atoms with Gasteiger partial charge in [-0.15, -0.1) is 0 Å². The van der Waals surface area contributed by atoms with Crippen LogP contribution in [0.3, 0.4) is 0 Å². The average molecular weight is 237 g/mol. The van der Waals surface area contributed by atoms with Crippen molar-refractivity contribution in [1.82, 2.24) is 5.32 Å². The predicted molar refractivity (Wildman–Crippen MR) is 65.9 cm³/mol. The lowest BCUT2D eigenvalue weighted by Crippen LogP contribution is -2.49. The number of hydrogen-bond donors (Lipinski definition) is 2. The SMILES string of the molecule is CCC(C)(CO)NC(=O)COc1ccccc1. The van der Waals surface area contributed by atoms with Crippen molar-refractivity contribution in [2.75, 3.05) is 13.2 Å². The Bertz CT molecular complexity index is 347. The topological polar surface area (TPSA) is 58.6 Å². The van der Waals surface area contributed by atoms with Gasteiger partial charge in [0.05, 0.1) is 12.1 Å². The molecule has 0 heterocycles. The van der Waals surface area contributed by atoms with Crippen LogP contribution in [0.2, 0.25) is 0 Å². The Morgan fingerprint density at radius 2 is 2.06 bits per heavy atom. The third kappa shape index (κ3) is 4.44. The number of aliphatic hydroxyl groups is 1. The van der Waals surface area contributed by atoms with Crippen molar-refractivity contribution >= 4 is 5.91 Å². The van der Waals surface area contributed by atoms with E-state index in [0.29, 0.717) is 12.2 Å². The molecule has 0 saturated heterocycles. The second kappa shape index (κ2) is 6.25. The lowest BCUT2D eigenvalue weighted by Gasteiger charge is -2.27. The molecular formula is C13H19NO3. The lowest BCUT2D eigenvalue weighted by atomic mass is 10.0. The van der Waals surface area contributed by atoms with Crippen molar-refractivity contribution in [2.45, 2.75) is 25.8 Å². The summed E-state index contributed by atoms with van der Waals surface area (Å²) < 4.78 is 5.31. The molecule has 0 radical (unpaired) electrons. The number of amides is 1. The summed E-state index contributed by atoms with van der Waals surface area (Å²) in [6.07, 6.45) is 0.667. The van der Waals surface area contributed by atoms with Gasteiger partial charge in [-0.1, -0.05) is 25.1 Å². The van der Waals surface area contributed by atoms with Gasteiger partial charge in [0.1, 0.15) is 5.75 Å². The van der Waals surface area contributed by atoms with Gasteiger partial charge in [0.25, 0.3) is 5.91 Å². The number of aliphatic hydroxyl groups excluding tert-OH is 1. The van der Waals surface area contributed by atoms with Gasteiger partial charge in [-0.05, 0) is 25.5 Å². The molecule has 94 valence electrons. The van der Waals surface area contributed by atoms with Crippen molar-refractivity contribution in [3.63, 3.8) is 0 Å². The summed E-state index contributed by atoms with van der Waals surface area (Å²) in [6, 6.07) is 9.15. The van der Waals surface area contributed by atoms with E-state index in [4.69, 9.17) is 9.84 Å². The first-order valence-electron chi connectivity index (χ1n) is 5.69. The maximum absolute atomic E-state index is 11.6. The summed E-state index contributed by atoms with van der Waals surface area (Å²) in [5, 5.41) is 11.9. The highest BCUT2D eigenvalue weighted by atomic mass is 16.5. The maximum atomic E-state index is 11.6. The number of carbonyl (C=O) groups excluding carboxylic acids is 1. The Labute approximate surface area is 102 Å². The first kappa shape index (κ1) is 13.5. The molecule has 0 aliphatic carbocycles. The Balaban J connectivity index is 2.40. The standard InChI is InChI=1S/C13H19NO3/c1-3-13(2,10-15)14-12(16)9-17-11-7-5-4-6-8-11/h4-8,15H,3,9-10H2,1-2H3,(H,14,16). The van der Waals surface area contributed by atoms with E-state index < -0.39 is 5.54 Å².